The average Bonchev–Trinajstić information content (AvgIpc) is 2.61. The van der Waals surface area contributed by atoms with E-state index in [9.17, 15) is 0 Å². The monoisotopic (exact) mass is 254 g/mol. The van der Waals surface area contributed by atoms with Crippen LogP contribution in [0.4, 0.5) is 0 Å². The number of nitrogens with zero attached hydrogens (tertiary/aromatic N) is 1. The number of aromatic amines is 1. The number of benzene rings is 1. The molecule has 0 aliphatic carbocycles. The molecule has 4 heteroatoms. The molecule has 13 heavy (non-hydrogen) atoms. The van der Waals surface area contributed by atoms with Crippen LogP contribution in [-0.4, -0.2) is 10.2 Å². The summed E-state index contributed by atoms with van der Waals surface area (Å²) >= 11 is 5.14. The van der Waals surface area contributed by atoms with Crippen molar-refractivity contribution in [3.05, 3.63) is 41.0 Å². The van der Waals surface area contributed by atoms with Crippen LogP contribution in [0.1, 0.15) is 0 Å². The molecule has 1 N–H and O–H groups in total. The predicted octanol–water partition coefficient (Wildman–Crippen LogP) is 3.32. The summed E-state index contributed by atoms with van der Waals surface area (Å²) in [6, 6.07) is 10.1. The van der Waals surface area contributed by atoms with Crippen molar-refractivity contribution in [2.24, 2.45) is 0 Å². The number of halogens is 1. The van der Waals surface area contributed by atoms with E-state index in [0.717, 1.165) is 9.50 Å². The molecule has 0 bridgehead atoms. The van der Waals surface area contributed by atoms with Crippen LogP contribution in [0.25, 0.3) is 0 Å². The number of hydrogen-bond acceptors (Lipinski definition) is 2. The summed E-state index contributed by atoms with van der Waals surface area (Å²) in [6.45, 7) is 0. The molecule has 2 nitrogen and oxygen atoms in total. The van der Waals surface area contributed by atoms with Gasteiger partial charge in [-0.2, -0.15) is 5.10 Å². The van der Waals surface area contributed by atoms with Gasteiger partial charge in [0, 0.05) is 15.6 Å². The van der Waals surface area contributed by atoms with Crippen LogP contribution in [0.15, 0.2) is 50.9 Å². The molecular formula is C9H7BrN2S. The second kappa shape index (κ2) is 3.98. The molecule has 0 aliphatic heterocycles. The second-order valence-corrected chi connectivity index (χ2v) is 4.39. The zero-order valence-electron chi connectivity index (χ0n) is 6.70. The molecule has 0 amide bonds. The number of rotatable bonds is 2. The van der Waals surface area contributed by atoms with Crippen molar-refractivity contribution in [1.82, 2.24) is 10.2 Å². The van der Waals surface area contributed by atoms with Crippen molar-refractivity contribution in [2.45, 2.75) is 9.92 Å². The normalized spacial score (nSPS) is 10.2. The molecule has 0 saturated heterocycles. The molecule has 0 unspecified atom stereocenters. The molecule has 0 radical (unpaired) electrons. The Hall–Kier alpha value is -0.740. The number of hydrogen-bond donors (Lipinski definition) is 1. The number of aromatic nitrogens is 2. The maximum Gasteiger partial charge on any atom is 0.0955 e. The fourth-order valence-electron chi connectivity index (χ4n) is 0.946. The summed E-state index contributed by atoms with van der Waals surface area (Å²) in [6.07, 6.45) is 1.75. The number of H-pyrrole nitrogens is 1. The molecule has 0 fully saturated rings. The Labute approximate surface area is 88.9 Å². The quantitative estimate of drug-likeness (QED) is 0.891. The van der Waals surface area contributed by atoms with Crippen LogP contribution >= 0.6 is 27.7 Å². The maximum atomic E-state index is 3.89. The predicted molar refractivity (Wildman–Crippen MR) is 56.9 cm³/mol. The van der Waals surface area contributed by atoms with Gasteiger partial charge in [0.2, 0.25) is 0 Å². The summed E-state index contributed by atoms with van der Waals surface area (Å²) in [5.41, 5.74) is 0. The first-order valence-electron chi connectivity index (χ1n) is 3.78. The van der Waals surface area contributed by atoms with Gasteiger partial charge in [0.15, 0.2) is 0 Å². The van der Waals surface area contributed by atoms with Gasteiger partial charge in [0.25, 0.3) is 0 Å². The van der Waals surface area contributed by atoms with Gasteiger partial charge >= 0.3 is 0 Å². The number of nitrogens with one attached hydrogen (secondary N) is 1. The third-order valence-corrected chi connectivity index (χ3v) is 3.51. The van der Waals surface area contributed by atoms with Crippen molar-refractivity contribution in [2.75, 3.05) is 0 Å². The fraction of sp³-hybridized carbons (Fsp3) is 0. The van der Waals surface area contributed by atoms with Crippen LogP contribution in [0, 0.1) is 0 Å². The van der Waals surface area contributed by atoms with Gasteiger partial charge in [-0.3, -0.25) is 5.10 Å². The summed E-state index contributed by atoms with van der Waals surface area (Å²) in [7, 11) is 0. The van der Waals surface area contributed by atoms with Gasteiger partial charge in [-0.15, -0.1) is 0 Å². The Kier molecular flexibility index (Phi) is 2.71. The molecule has 1 aromatic carbocycles. The van der Waals surface area contributed by atoms with Crippen LogP contribution < -0.4 is 0 Å². The van der Waals surface area contributed by atoms with E-state index in [4.69, 9.17) is 0 Å². The standard InChI is InChI=1S/C9H7BrN2S/c10-7-3-1-2-4-8(7)13-9-5-6-11-12-9/h1-6H,(H,11,12). The average molecular weight is 255 g/mol. The van der Waals surface area contributed by atoms with Crippen molar-refractivity contribution < 1.29 is 0 Å². The van der Waals surface area contributed by atoms with E-state index in [1.54, 1.807) is 18.0 Å². The fourth-order valence-corrected chi connectivity index (χ4v) is 2.25. The van der Waals surface area contributed by atoms with Crippen molar-refractivity contribution >= 4 is 27.7 Å². The van der Waals surface area contributed by atoms with Crippen molar-refractivity contribution in [3.63, 3.8) is 0 Å². The Morgan fingerprint density at radius 1 is 1.23 bits per heavy atom. The molecule has 2 rings (SSSR count). The van der Waals surface area contributed by atoms with Gasteiger partial charge in [-0.1, -0.05) is 23.9 Å². The smallest absolute Gasteiger partial charge is 0.0955 e. The van der Waals surface area contributed by atoms with E-state index in [2.05, 4.69) is 32.2 Å². The minimum Gasteiger partial charge on any atom is -0.272 e. The second-order valence-electron chi connectivity index (χ2n) is 2.45. The lowest BCUT2D eigenvalue weighted by atomic mass is 10.4. The van der Waals surface area contributed by atoms with E-state index in [-0.39, 0.29) is 0 Å². The SMILES string of the molecule is Brc1ccccc1Sc1ccn[nH]1. The first kappa shape index (κ1) is 8.84. The van der Waals surface area contributed by atoms with E-state index in [1.165, 1.54) is 4.90 Å². The first-order valence-corrected chi connectivity index (χ1v) is 5.39. The first-order chi connectivity index (χ1) is 6.36. The molecule has 1 heterocycles. The zero-order chi connectivity index (χ0) is 9.10. The lowest BCUT2D eigenvalue weighted by Crippen LogP contribution is -1.75. The molecule has 0 spiro atoms. The summed E-state index contributed by atoms with van der Waals surface area (Å²) < 4.78 is 1.11. The lowest BCUT2D eigenvalue weighted by molar-refractivity contribution is 1.00. The van der Waals surface area contributed by atoms with Crippen LogP contribution in [0.2, 0.25) is 0 Å². The Balaban J connectivity index is 2.24. The Morgan fingerprint density at radius 3 is 2.77 bits per heavy atom. The highest BCUT2D eigenvalue weighted by Gasteiger charge is 2.01. The van der Waals surface area contributed by atoms with E-state index >= 15 is 0 Å². The molecule has 0 aliphatic rings. The lowest BCUT2D eigenvalue weighted by Gasteiger charge is -2.00. The van der Waals surface area contributed by atoms with Gasteiger partial charge in [-0.25, -0.2) is 0 Å². The third kappa shape index (κ3) is 2.14. The highest BCUT2D eigenvalue weighted by atomic mass is 79.9. The molecule has 66 valence electrons. The molecule has 0 atom stereocenters. The van der Waals surface area contributed by atoms with E-state index in [1.807, 2.05) is 24.3 Å². The minimum atomic E-state index is 1.05. The highest BCUT2D eigenvalue weighted by Crippen LogP contribution is 2.31. The van der Waals surface area contributed by atoms with E-state index < -0.39 is 0 Å². The largest absolute Gasteiger partial charge is 0.272 e. The summed E-state index contributed by atoms with van der Waals surface area (Å²) in [4.78, 5) is 1.19. The van der Waals surface area contributed by atoms with Crippen LogP contribution in [0.5, 0.6) is 0 Å². The molecule has 2 aromatic rings. The van der Waals surface area contributed by atoms with Crippen molar-refractivity contribution in [3.8, 4) is 0 Å². The Morgan fingerprint density at radius 2 is 2.08 bits per heavy atom. The topological polar surface area (TPSA) is 28.7 Å². The van der Waals surface area contributed by atoms with Gasteiger partial charge < -0.3 is 0 Å². The van der Waals surface area contributed by atoms with Crippen LogP contribution in [0.3, 0.4) is 0 Å². The third-order valence-electron chi connectivity index (χ3n) is 1.53. The van der Waals surface area contributed by atoms with Crippen molar-refractivity contribution in [1.29, 1.82) is 0 Å². The molecule has 0 saturated carbocycles. The maximum absolute atomic E-state index is 3.89. The summed E-state index contributed by atoms with van der Waals surface area (Å²) in [5.74, 6) is 0. The minimum absolute atomic E-state index is 1.05. The summed E-state index contributed by atoms with van der Waals surface area (Å²) in [5, 5.41) is 7.84. The van der Waals surface area contributed by atoms with E-state index in [0.29, 0.717) is 0 Å². The van der Waals surface area contributed by atoms with Gasteiger partial charge in [-0.05, 0) is 34.1 Å². The van der Waals surface area contributed by atoms with Crippen LogP contribution in [-0.2, 0) is 0 Å². The highest BCUT2D eigenvalue weighted by molar-refractivity contribution is 9.10. The Bertz CT molecular complexity index is 386. The zero-order valence-corrected chi connectivity index (χ0v) is 9.10. The molecule has 1 aromatic heterocycles. The molecular weight excluding hydrogens is 248 g/mol. The van der Waals surface area contributed by atoms with Gasteiger partial charge in [0.1, 0.15) is 0 Å². The van der Waals surface area contributed by atoms with Gasteiger partial charge in [0.05, 0.1) is 5.03 Å².